The molecule has 2 heterocycles. The maximum atomic E-state index is 12.4. The number of hydrogen-bond acceptors (Lipinski definition) is 8. The number of rotatable bonds is 9. The van der Waals surface area contributed by atoms with Crippen molar-refractivity contribution in [2.75, 3.05) is 10.0 Å². The van der Waals surface area contributed by atoms with Crippen LogP contribution < -0.4 is 10.0 Å². The van der Waals surface area contributed by atoms with Crippen molar-refractivity contribution in [2.45, 2.75) is 10.9 Å². The summed E-state index contributed by atoms with van der Waals surface area (Å²) in [5.41, 5.74) is 0.312. The summed E-state index contributed by atoms with van der Waals surface area (Å²) in [5, 5.41) is 23.2. The Bertz CT molecular complexity index is 1060. The lowest BCUT2D eigenvalue weighted by molar-refractivity contribution is -0.155. The van der Waals surface area contributed by atoms with Gasteiger partial charge in [-0.05, 0) is 36.4 Å². The molecule has 0 saturated heterocycles. The van der Waals surface area contributed by atoms with Crippen LogP contribution in [0.3, 0.4) is 0 Å². The van der Waals surface area contributed by atoms with E-state index in [4.69, 9.17) is 4.42 Å². The zero-order chi connectivity index (χ0) is 21.0. The Morgan fingerprint density at radius 3 is 2.31 bits per heavy atom. The van der Waals surface area contributed by atoms with Crippen LogP contribution in [0.15, 0.2) is 63.6 Å². The fourth-order valence-electron chi connectivity index (χ4n) is 2.54. The van der Waals surface area contributed by atoms with E-state index in [2.05, 4.69) is 15.0 Å². The zero-order valence-electron chi connectivity index (χ0n) is 14.6. The molecule has 4 N–H and O–H groups in total. The van der Waals surface area contributed by atoms with Crippen LogP contribution in [0.4, 0.5) is 10.8 Å². The van der Waals surface area contributed by atoms with Gasteiger partial charge in [-0.15, -0.1) is 11.3 Å². The Labute approximate surface area is 168 Å². The van der Waals surface area contributed by atoms with Crippen LogP contribution in [0.2, 0.25) is 0 Å². The predicted molar refractivity (Wildman–Crippen MR) is 103 cm³/mol. The second kappa shape index (κ2) is 8.32. The van der Waals surface area contributed by atoms with Gasteiger partial charge >= 0.3 is 11.9 Å². The number of carbonyl (C=O) groups is 2. The van der Waals surface area contributed by atoms with Gasteiger partial charge in [0.1, 0.15) is 11.8 Å². The molecular formula is C17H15N3O7S2. The van der Waals surface area contributed by atoms with Crippen LogP contribution in [-0.4, -0.2) is 35.6 Å². The summed E-state index contributed by atoms with van der Waals surface area (Å²) < 4.78 is 32.3. The second-order valence-electron chi connectivity index (χ2n) is 5.76. The number of benzene rings is 1. The van der Waals surface area contributed by atoms with Crippen molar-refractivity contribution in [1.29, 1.82) is 0 Å². The SMILES string of the molecule is O=C(O)C(C(=O)O)C(Nc1ccc(S(=O)(=O)Nc2nccs2)cc1)c1ccco1. The van der Waals surface area contributed by atoms with Crippen LogP contribution in [0.25, 0.3) is 0 Å². The molecule has 1 atom stereocenters. The molecule has 2 aromatic heterocycles. The summed E-state index contributed by atoms with van der Waals surface area (Å²) in [4.78, 5) is 26.7. The van der Waals surface area contributed by atoms with Crippen molar-refractivity contribution in [1.82, 2.24) is 4.98 Å². The highest BCUT2D eigenvalue weighted by Gasteiger charge is 2.37. The van der Waals surface area contributed by atoms with Gasteiger partial charge in [0.2, 0.25) is 0 Å². The van der Waals surface area contributed by atoms with Gasteiger partial charge in [-0.25, -0.2) is 13.4 Å². The van der Waals surface area contributed by atoms with Crippen LogP contribution in [0, 0.1) is 5.92 Å². The molecule has 0 aliphatic rings. The number of nitrogens with one attached hydrogen (secondary N) is 2. The van der Waals surface area contributed by atoms with E-state index in [9.17, 15) is 28.2 Å². The lowest BCUT2D eigenvalue weighted by atomic mass is 9.97. The first-order chi connectivity index (χ1) is 13.8. The molecule has 12 heteroatoms. The van der Waals surface area contributed by atoms with Gasteiger partial charge in [0.05, 0.1) is 11.2 Å². The third-order valence-corrected chi connectivity index (χ3v) is 6.03. The average molecular weight is 437 g/mol. The van der Waals surface area contributed by atoms with E-state index >= 15 is 0 Å². The van der Waals surface area contributed by atoms with Crippen molar-refractivity contribution in [3.05, 3.63) is 60.0 Å². The summed E-state index contributed by atoms with van der Waals surface area (Å²) in [7, 11) is -3.85. The normalized spacial score (nSPS) is 12.4. The standard InChI is InChI=1S/C17H15N3O7S2/c21-15(22)13(16(23)24)14(12-2-1-8-27-12)19-10-3-5-11(6-4-10)29(25,26)20-17-18-7-9-28-17/h1-9,13-14,19H,(H,18,20)(H,21,22)(H,23,24). The van der Waals surface area contributed by atoms with Crippen molar-refractivity contribution in [3.63, 3.8) is 0 Å². The molecule has 1 unspecified atom stereocenters. The lowest BCUT2D eigenvalue weighted by Crippen LogP contribution is -2.33. The maximum Gasteiger partial charge on any atom is 0.320 e. The number of nitrogens with zero attached hydrogens (tertiary/aromatic N) is 1. The quantitative estimate of drug-likeness (QED) is 0.369. The highest BCUT2D eigenvalue weighted by atomic mass is 32.2. The van der Waals surface area contributed by atoms with Crippen molar-refractivity contribution >= 4 is 44.1 Å². The highest BCUT2D eigenvalue weighted by molar-refractivity contribution is 7.93. The number of furan rings is 1. The maximum absolute atomic E-state index is 12.4. The monoisotopic (exact) mass is 437 g/mol. The fourth-order valence-corrected chi connectivity index (χ4v) is 4.32. The van der Waals surface area contributed by atoms with Crippen molar-refractivity contribution < 1.29 is 32.6 Å². The molecule has 0 saturated carbocycles. The summed E-state index contributed by atoms with van der Waals surface area (Å²) in [6.45, 7) is 0. The van der Waals surface area contributed by atoms with E-state index in [1.807, 2.05) is 0 Å². The number of anilines is 2. The third-order valence-electron chi connectivity index (χ3n) is 3.86. The topological polar surface area (TPSA) is 159 Å². The van der Waals surface area contributed by atoms with Gasteiger partial charge < -0.3 is 19.9 Å². The number of hydrogen-bond donors (Lipinski definition) is 4. The van der Waals surface area contributed by atoms with Crippen LogP contribution >= 0.6 is 11.3 Å². The van der Waals surface area contributed by atoms with E-state index in [1.54, 1.807) is 5.38 Å². The molecule has 0 radical (unpaired) electrons. The minimum absolute atomic E-state index is 0.0409. The molecule has 0 aliphatic carbocycles. The van der Waals surface area contributed by atoms with E-state index in [0.717, 1.165) is 11.3 Å². The van der Waals surface area contributed by atoms with Crippen LogP contribution in [0.5, 0.6) is 0 Å². The van der Waals surface area contributed by atoms with Gasteiger partial charge in [-0.1, -0.05) is 0 Å². The predicted octanol–water partition coefficient (Wildman–Crippen LogP) is 2.48. The summed E-state index contributed by atoms with van der Waals surface area (Å²) >= 11 is 1.13. The molecule has 0 fully saturated rings. The largest absolute Gasteiger partial charge is 0.481 e. The summed E-state index contributed by atoms with van der Waals surface area (Å²) in [6.07, 6.45) is 2.76. The third kappa shape index (κ3) is 4.73. The highest BCUT2D eigenvalue weighted by Crippen LogP contribution is 2.29. The number of thiazole rings is 1. The van der Waals surface area contributed by atoms with Gasteiger partial charge in [0.15, 0.2) is 11.0 Å². The molecule has 29 heavy (non-hydrogen) atoms. The molecule has 1 aromatic carbocycles. The fraction of sp³-hybridized carbons (Fsp3) is 0.118. The molecule has 3 aromatic rings. The van der Waals surface area contributed by atoms with Crippen molar-refractivity contribution in [2.24, 2.45) is 5.92 Å². The first-order valence-corrected chi connectivity index (χ1v) is 10.4. The van der Waals surface area contributed by atoms with Crippen molar-refractivity contribution in [3.8, 4) is 0 Å². The Kier molecular flexibility index (Phi) is 5.84. The smallest absolute Gasteiger partial charge is 0.320 e. The van der Waals surface area contributed by atoms with E-state index in [-0.39, 0.29) is 15.8 Å². The number of carboxylic acids is 2. The van der Waals surface area contributed by atoms with Crippen LogP contribution in [0.1, 0.15) is 11.8 Å². The zero-order valence-corrected chi connectivity index (χ0v) is 16.2. The number of aromatic nitrogens is 1. The first-order valence-electron chi connectivity index (χ1n) is 8.06. The minimum Gasteiger partial charge on any atom is -0.481 e. The van der Waals surface area contributed by atoms with Gasteiger partial charge in [-0.3, -0.25) is 14.3 Å². The number of aliphatic carboxylic acids is 2. The molecular weight excluding hydrogens is 422 g/mol. The summed E-state index contributed by atoms with van der Waals surface area (Å²) in [5.74, 6) is -4.80. The Hall–Kier alpha value is -3.38. The average Bonchev–Trinajstić information content (AvgIpc) is 3.34. The van der Waals surface area contributed by atoms with Crippen LogP contribution in [-0.2, 0) is 19.6 Å². The summed E-state index contributed by atoms with van der Waals surface area (Å²) in [6, 6.07) is 7.14. The molecule has 0 spiro atoms. The molecule has 152 valence electrons. The van der Waals surface area contributed by atoms with E-state index < -0.39 is 33.9 Å². The molecule has 10 nitrogen and oxygen atoms in total. The molecule has 0 bridgehead atoms. The van der Waals surface area contributed by atoms with E-state index in [1.165, 1.54) is 48.9 Å². The number of sulfonamides is 1. The Morgan fingerprint density at radius 2 is 1.79 bits per heavy atom. The second-order valence-corrected chi connectivity index (χ2v) is 8.34. The van der Waals surface area contributed by atoms with Gasteiger partial charge in [0, 0.05) is 17.3 Å². The first kappa shape index (κ1) is 20.4. The minimum atomic E-state index is -3.85. The Balaban J connectivity index is 1.84. The molecule has 3 rings (SSSR count). The lowest BCUT2D eigenvalue weighted by Gasteiger charge is -2.21. The number of carboxylic acid groups (broad SMARTS) is 2. The molecule has 0 aliphatic heterocycles. The van der Waals surface area contributed by atoms with Gasteiger partial charge in [0.25, 0.3) is 10.0 Å². The van der Waals surface area contributed by atoms with E-state index in [0.29, 0.717) is 5.69 Å². The Morgan fingerprint density at radius 1 is 1.10 bits per heavy atom. The van der Waals surface area contributed by atoms with Gasteiger partial charge in [-0.2, -0.15) is 0 Å². The molecule has 0 amide bonds.